The molecule has 0 saturated heterocycles. The highest BCUT2D eigenvalue weighted by Gasteiger charge is 2.20. The van der Waals surface area contributed by atoms with Gasteiger partial charge in [-0.1, -0.05) is 30.3 Å². The summed E-state index contributed by atoms with van der Waals surface area (Å²) in [6.07, 6.45) is 2.83. The van der Waals surface area contributed by atoms with Crippen LogP contribution in [-0.4, -0.2) is 27.3 Å². The quantitative estimate of drug-likeness (QED) is 0.448. The average molecular weight is 367 g/mol. The SMILES string of the molecule is O=C(COc1cccnc1[N+](=O)[O-])N(Cc1ccccc1)Cc1ccco1. The Bertz CT molecular complexity index is 897. The van der Waals surface area contributed by atoms with Crippen LogP contribution in [0.3, 0.4) is 0 Å². The number of carbonyl (C=O) groups is 1. The van der Waals surface area contributed by atoms with Gasteiger partial charge in [0.15, 0.2) is 6.61 Å². The van der Waals surface area contributed by atoms with Gasteiger partial charge in [0.2, 0.25) is 5.75 Å². The first-order chi connectivity index (χ1) is 13.1. The number of nitrogens with zero attached hydrogens (tertiary/aromatic N) is 3. The van der Waals surface area contributed by atoms with Crippen LogP contribution >= 0.6 is 0 Å². The van der Waals surface area contributed by atoms with Gasteiger partial charge in [-0.3, -0.25) is 4.79 Å². The highest BCUT2D eigenvalue weighted by Crippen LogP contribution is 2.23. The molecule has 2 aromatic heterocycles. The summed E-state index contributed by atoms with van der Waals surface area (Å²) in [7, 11) is 0. The molecule has 3 aromatic rings. The number of rotatable bonds is 8. The number of hydrogen-bond donors (Lipinski definition) is 0. The fourth-order valence-electron chi connectivity index (χ4n) is 2.49. The van der Waals surface area contributed by atoms with E-state index in [-0.39, 0.29) is 24.8 Å². The first kappa shape index (κ1) is 18.1. The van der Waals surface area contributed by atoms with E-state index in [1.54, 1.807) is 17.0 Å². The fraction of sp³-hybridized carbons (Fsp3) is 0.158. The molecule has 8 nitrogen and oxygen atoms in total. The molecule has 27 heavy (non-hydrogen) atoms. The largest absolute Gasteiger partial charge is 0.476 e. The third kappa shape index (κ3) is 4.91. The Morgan fingerprint density at radius 3 is 2.63 bits per heavy atom. The van der Waals surface area contributed by atoms with Gasteiger partial charge in [0, 0.05) is 6.54 Å². The summed E-state index contributed by atoms with van der Waals surface area (Å²) in [6, 6.07) is 15.9. The summed E-state index contributed by atoms with van der Waals surface area (Å²) in [5.74, 6) is -0.167. The van der Waals surface area contributed by atoms with Gasteiger partial charge in [0.25, 0.3) is 5.91 Å². The Hall–Kier alpha value is -3.68. The highest BCUT2D eigenvalue weighted by molar-refractivity contribution is 5.77. The van der Waals surface area contributed by atoms with Gasteiger partial charge >= 0.3 is 5.82 Å². The zero-order valence-electron chi connectivity index (χ0n) is 14.4. The molecule has 1 amide bonds. The number of aromatic nitrogens is 1. The van der Waals surface area contributed by atoms with Crippen LogP contribution in [0.2, 0.25) is 0 Å². The van der Waals surface area contributed by atoms with Gasteiger partial charge in [0.05, 0.1) is 12.8 Å². The third-order valence-corrected chi connectivity index (χ3v) is 3.77. The molecule has 0 saturated carbocycles. The molecule has 0 spiro atoms. The van der Waals surface area contributed by atoms with E-state index in [0.29, 0.717) is 12.3 Å². The van der Waals surface area contributed by atoms with Crippen molar-refractivity contribution in [1.82, 2.24) is 9.88 Å². The Balaban J connectivity index is 1.71. The molecule has 8 heteroatoms. The van der Waals surface area contributed by atoms with E-state index in [4.69, 9.17) is 9.15 Å². The lowest BCUT2D eigenvalue weighted by molar-refractivity contribution is -0.390. The molecular formula is C19H17N3O5. The smallest absolute Gasteiger partial charge is 0.406 e. The number of ether oxygens (including phenoxy) is 1. The molecule has 0 unspecified atom stereocenters. The summed E-state index contributed by atoms with van der Waals surface area (Å²) in [5.41, 5.74) is 0.949. The monoisotopic (exact) mass is 367 g/mol. The molecule has 2 heterocycles. The minimum atomic E-state index is -0.648. The molecule has 0 aliphatic heterocycles. The van der Waals surface area contributed by atoms with Crippen molar-refractivity contribution in [1.29, 1.82) is 0 Å². The molecule has 0 aliphatic rings. The van der Waals surface area contributed by atoms with Crippen LogP contribution in [0, 0.1) is 10.1 Å². The Labute approximate surface area is 155 Å². The van der Waals surface area contributed by atoms with Crippen LogP contribution in [0.5, 0.6) is 5.75 Å². The topological polar surface area (TPSA) is 98.7 Å². The zero-order valence-corrected chi connectivity index (χ0v) is 14.4. The van der Waals surface area contributed by atoms with Gasteiger partial charge < -0.3 is 24.2 Å². The van der Waals surface area contributed by atoms with E-state index in [9.17, 15) is 14.9 Å². The summed E-state index contributed by atoms with van der Waals surface area (Å²) >= 11 is 0. The van der Waals surface area contributed by atoms with E-state index < -0.39 is 10.7 Å². The van der Waals surface area contributed by atoms with Gasteiger partial charge in [-0.25, -0.2) is 0 Å². The van der Waals surface area contributed by atoms with Crippen molar-refractivity contribution in [3.63, 3.8) is 0 Å². The second-order valence-electron chi connectivity index (χ2n) is 5.69. The van der Waals surface area contributed by atoms with E-state index in [1.807, 2.05) is 30.3 Å². The number of carbonyl (C=O) groups excluding carboxylic acids is 1. The van der Waals surface area contributed by atoms with E-state index >= 15 is 0 Å². The highest BCUT2D eigenvalue weighted by atomic mass is 16.6. The number of benzene rings is 1. The number of furan rings is 1. The Morgan fingerprint density at radius 1 is 1.11 bits per heavy atom. The second-order valence-corrected chi connectivity index (χ2v) is 5.69. The van der Waals surface area contributed by atoms with Crippen LogP contribution in [0.15, 0.2) is 71.5 Å². The maximum Gasteiger partial charge on any atom is 0.406 e. The van der Waals surface area contributed by atoms with Crippen LogP contribution < -0.4 is 4.74 Å². The van der Waals surface area contributed by atoms with Crippen molar-refractivity contribution in [3.8, 4) is 5.75 Å². The Kier molecular flexibility index (Phi) is 5.78. The van der Waals surface area contributed by atoms with Gasteiger partial charge in [-0.2, -0.15) is 0 Å². The van der Waals surface area contributed by atoms with Crippen molar-refractivity contribution in [2.24, 2.45) is 0 Å². The summed E-state index contributed by atoms with van der Waals surface area (Å²) < 4.78 is 10.7. The molecule has 3 rings (SSSR count). The summed E-state index contributed by atoms with van der Waals surface area (Å²) in [5, 5.41) is 11.0. The Morgan fingerprint density at radius 2 is 1.93 bits per heavy atom. The second kappa shape index (κ2) is 8.61. The van der Waals surface area contributed by atoms with Crippen molar-refractivity contribution >= 4 is 11.7 Å². The molecule has 0 atom stereocenters. The van der Waals surface area contributed by atoms with Gasteiger partial charge in [0.1, 0.15) is 12.0 Å². The lowest BCUT2D eigenvalue weighted by Crippen LogP contribution is -2.34. The third-order valence-electron chi connectivity index (χ3n) is 3.77. The lowest BCUT2D eigenvalue weighted by Gasteiger charge is -2.22. The molecule has 1 aromatic carbocycles. The lowest BCUT2D eigenvalue weighted by atomic mass is 10.2. The number of pyridine rings is 1. The van der Waals surface area contributed by atoms with Crippen molar-refractivity contribution < 1.29 is 18.9 Å². The predicted octanol–water partition coefficient (Wildman–Crippen LogP) is 3.19. The van der Waals surface area contributed by atoms with Crippen LogP contribution in [0.4, 0.5) is 5.82 Å². The molecule has 0 radical (unpaired) electrons. The summed E-state index contributed by atoms with van der Waals surface area (Å²) in [6.45, 7) is 0.276. The first-order valence-electron chi connectivity index (χ1n) is 8.20. The minimum Gasteiger partial charge on any atom is -0.476 e. The molecule has 138 valence electrons. The minimum absolute atomic E-state index is 0.0477. The van der Waals surface area contributed by atoms with Crippen LogP contribution in [0.1, 0.15) is 11.3 Å². The van der Waals surface area contributed by atoms with Gasteiger partial charge in [-0.15, -0.1) is 0 Å². The molecule has 0 bridgehead atoms. The fourth-order valence-corrected chi connectivity index (χ4v) is 2.49. The maximum atomic E-state index is 12.7. The van der Waals surface area contributed by atoms with Crippen molar-refractivity contribution in [2.75, 3.05) is 6.61 Å². The number of nitro groups is 1. The van der Waals surface area contributed by atoms with Crippen LogP contribution in [-0.2, 0) is 17.9 Å². The first-order valence-corrected chi connectivity index (χ1v) is 8.20. The van der Waals surface area contributed by atoms with Crippen molar-refractivity contribution in [3.05, 3.63) is 88.5 Å². The average Bonchev–Trinajstić information content (AvgIpc) is 3.19. The normalized spacial score (nSPS) is 10.4. The van der Waals surface area contributed by atoms with E-state index in [1.165, 1.54) is 24.6 Å². The summed E-state index contributed by atoms with van der Waals surface area (Å²) in [4.78, 5) is 28.3. The number of hydrogen-bond acceptors (Lipinski definition) is 6. The standard InChI is InChI=1S/C19H17N3O5/c23-18(14-27-17-9-4-10-20-19(17)22(24)25)21(13-16-8-5-11-26-16)12-15-6-2-1-3-7-15/h1-11H,12-14H2. The van der Waals surface area contributed by atoms with Crippen molar-refractivity contribution in [2.45, 2.75) is 13.1 Å². The maximum absolute atomic E-state index is 12.7. The molecule has 0 aliphatic carbocycles. The molecular weight excluding hydrogens is 350 g/mol. The van der Waals surface area contributed by atoms with E-state index in [2.05, 4.69) is 4.98 Å². The molecule has 0 fully saturated rings. The number of amides is 1. The van der Waals surface area contributed by atoms with E-state index in [0.717, 1.165) is 5.56 Å². The molecule has 0 N–H and O–H groups in total. The van der Waals surface area contributed by atoms with Crippen LogP contribution in [0.25, 0.3) is 0 Å². The zero-order chi connectivity index (χ0) is 19.1. The predicted molar refractivity (Wildman–Crippen MR) is 95.8 cm³/mol. The van der Waals surface area contributed by atoms with Gasteiger partial charge in [-0.05, 0) is 39.7 Å².